The van der Waals surface area contributed by atoms with Gasteiger partial charge in [0.05, 0.1) is 12.4 Å². The Bertz CT molecular complexity index is 1320. The molecule has 0 spiro atoms. The highest BCUT2D eigenvalue weighted by Gasteiger charge is 2.39. The van der Waals surface area contributed by atoms with Gasteiger partial charge in [0.25, 0.3) is 0 Å². The first kappa shape index (κ1) is 27.8. The van der Waals surface area contributed by atoms with Gasteiger partial charge >= 0.3 is 5.97 Å². The number of likely N-dealkylation sites (tertiary alicyclic amines) is 1. The van der Waals surface area contributed by atoms with Gasteiger partial charge < -0.3 is 41.4 Å². The summed E-state index contributed by atoms with van der Waals surface area (Å²) in [5, 5.41) is 25.6. The highest BCUT2D eigenvalue weighted by atomic mass is 16.4. The van der Waals surface area contributed by atoms with E-state index < -0.39 is 54.0 Å². The fraction of sp³-hybridized carbons (Fsp3) is 0.423. The molecule has 5 atom stereocenters. The van der Waals surface area contributed by atoms with Crippen LogP contribution in [0.5, 0.6) is 0 Å². The fourth-order valence-electron chi connectivity index (χ4n) is 4.79. The molecule has 13 nitrogen and oxygen atoms in total. The zero-order valence-electron chi connectivity index (χ0n) is 21.5. The topological polar surface area (TPSA) is 207 Å². The van der Waals surface area contributed by atoms with Gasteiger partial charge in [0.1, 0.15) is 24.2 Å². The van der Waals surface area contributed by atoms with Crippen molar-refractivity contribution in [3.05, 3.63) is 54.2 Å². The van der Waals surface area contributed by atoms with Crippen molar-refractivity contribution in [2.24, 2.45) is 5.73 Å². The molecule has 0 radical (unpaired) electrons. The van der Waals surface area contributed by atoms with Crippen LogP contribution in [0.25, 0.3) is 10.9 Å². The number of carboxylic acid groups (broad SMARTS) is 1. The maximum Gasteiger partial charge on any atom is 0.326 e. The highest BCUT2D eigenvalue weighted by Crippen LogP contribution is 2.21. The predicted octanol–water partition coefficient (Wildman–Crippen LogP) is -0.570. The molecule has 2 aromatic heterocycles. The summed E-state index contributed by atoms with van der Waals surface area (Å²) in [7, 11) is 0. The van der Waals surface area contributed by atoms with E-state index in [1.165, 1.54) is 24.3 Å². The normalized spacial score (nSPS) is 18.3. The number of aliphatic hydroxyl groups is 1. The molecule has 1 aliphatic rings. The number of carboxylic acids is 1. The lowest BCUT2D eigenvalue weighted by Gasteiger charge is -2.29. The summed E-state index contributed by atoms with van der Waals surface area (Å²) in [6, 6.07) is 3.02. The Kier molecular flexibility index (Phi) is 8.62. The first-order valence-corrected chi connectivity index (χ1v) is 12.8. The molecule has 1 aromatic carbocycles. The number of aromatic nitrogens is 3. The van der Waals surface area contributed by atoms with Gasteiger partial charge in [0.15, 0.2) is 0 Å². The minimum Gasteiger partial charge on any atom is -0.480 e. The number of nitrogens with zero attached hydrogens (tertiary/aromatic N) is 2. The zero-order chi connectivity index (χ0) is 28.1. The molecule has 0 saturated carbocycles. The molecular formula is C26H33N7O6. The number of amides is 3. The third-order valence-electron chi connectivity index (χ3n) is 6.97. The number of rotatable bonds is 11. The van der Waals surface area contributed by atoms with Gasteiger partial charge in [-0.15, -0.1) is 0 Å². The largest absolute Gasteiger partial charge is 0.480 e. The molecule has 1 fully saturated rings. The van der Waals surface area contributed by atoms with Crippen LogP contribution in [0.4, 0.5) is 0 Å². The third-order valence-corrected chi connectivity index (χ3v) is 6.97. The van der Waals surface area contributed by atoms with E-state index in [1.54, 1.807) is 6.20 Å². The lowest BCUT2D eigenvalue weighted by atomic mass is 10.0. The number of imidazole rings is 1. The van der Waals surface area contributed by atoms with Crippen LogP contribution in [-0.2, 0) is 32.0 Å². The Labute approximate surface area is 224 Å². The fourth-order valence-corrected chi connectivity index (χ4v) is 4.79. The average molecular weight is 540 g/mol. The second-order valence-electron chi connectivity index (χ2n) is 9.76. The second kappa shape index (κ2) is 12.1. The van der Waals surface area contributed by atoms with Gasteiger partial charge in [0.2, 0.25) is 17.7 Å². The molecule has 5 unspecified atom stereocenters. The van der Waals surface area contributed by atoms with E-state index in [0.29, 0.717) is 25.1 Å². The van der Waals surface area contributed by atoms with Gasteiger partial charge in [0, 0.05) is 48.4 Å². The smallest absolute Gasteiger partial charge is 0.326 e. The van der Waals surface area contributed by atoms with Gasteiger partial charge in [-0.1, -0.05) is 18.2 Å². The zero-order valence-corrected chi connectivity index (χ0v) is 21.5. The van der Waals surface area contributed by atoms with Crippen LogP contribution < -0.4 is 16.4 Å². The minimum absolute atomic E-state index is 0.0308. The quantitative estimate of drug-likeness (QED) is 0.167. The van der Waals surface area contributed by atoms with Crippen LogP contribution >= 0.6 is 0 Å². The molecule has 0 aliphatic carbocycles. The van der Waals surface area contributed by atoms with Crippen LogP contribution in [0.2, 0.25) is 0 Å². The van der Waals surface area contributed by atoms with Crippen LogP contribution in [0.1, 0.15) is 31.0 Å². The highest BCUT2D eigenvalue weighted by molar-refractivity contribution is 5.95. The first-order chi connectivity index (χ1) is 18.7. The molecule has 208 valence electrons. The summed E-state index contributed by atoms with van der Waals surface area (Å²) in [4.78, 5) is 62.7. The number of nitrogens with one attached hydrogen (secondary N) is 4. The second-order valence-corrected chi connectivity index (χ2v) is 9.76. The van der Waals surface area contributed by atoms with Crippen LogP contribution in [0.3, 0.4) is 0 Å². The van der Waals surface area contributed by atoms with E-state index in [4.69, 9.17) is 5.73 Å². The molecule has 8 N–H and O–H groups in total. The predicted molar refractivity (Wildman–Crippen MR) is 140 cm³/mol. The first-order valence-electron chi connectivity index (χ1n) is 12.8. The number of nitrogens with two attached hydrogens (primary N) is 1. The Balaban J connectivity index is 1.56. The lowest BCUT2D eigenvalue weighted by Crippen LogP contribution is -2.58. The molecule has 39 heavy (non-hydrogen) atoms. The van der Waals surface area contributed by atoms with Crippen molar-refractivity contribution in [2.45, 2.75) is 62.9 Å². The molecule has 3 aromatic rings. The number of hydrogen-bond donors (Lipinski definition) is 7. The number of H-pyrrole nitrogens is 2. The van der Waals surface area contributed by atoms with E-state index >= 15 is 0 Å². The summed E-state index contributed by atoms with van der Waals surface area (Å²) >= 11 is 0. The van der Waals surface area contributed by atoms with Gasteiger partial charge in [-0.2, -0.15) is 0 Å². The SMILES string of the molecule is CC(O)C(N)C(=O)N1CCCC1C(=O)NC(Cc1c[nH]c2ccccc12)C(=O)NC(Cc1cnc[nH]1)C(=O)O. The third kappa shape index (κ3) is 6.44. The van der Waals surface area contributed by atoms with Gasteiger partial charge in [-0.25, -0.2) is 9.78 Å². The van der Waals surface area contributed by atoms with Crippen molar-refractivity contribution >= 4 is 34.6 Å². The van der Waals surface area contributed by atoms with Crippen LogP contribution in [-0.4, -0.2) is 90.6 Å². The van der Waals surface area contributed by atoms with E-state index in [-0.39, 0.29) is 12.8 Å². The van der Waals surface area contributed by atoms with Crippen molar-refractivity contribution in [2.75, 3.05) is 6.54 Å². The summed E-state index contributed by atoms with van der Waals surface area (Å²) in [6.07, 6.45) is 4.49. The summed E-state index contributed by atoms with van der Waals surface area (Å²) in [6.45, 7) is 1.69. The standard InChI is InChI=1S/C26H33N7O6/c1-14(34)22(27)25(37)33-8-4-7-21(33)24(36)31-19(9-15-11-29-18-6-3-2-5-17(15)18)23(35)32-20(26(38)39)10-16-12-28-13-30-16/h2-3,5-6,11-14,19-22,29,34H,4,7-10,27H2,1H3,(H,28,30)(H,31,36)(H,32,35)(H,38,39). The van der Waals surface area contributed by atoms with Crippen molar-refractivity contribution in [3.8, 4) is 0 Å². The van der Waals surface area contributed by atoms with E-state index in [1.807, 2.05) is 24.3 Å². The number of carbonyl (C=O) groups is 4. The van der Waals surface area contributed by atoms with Crippen LogP contribution in [0, 0.1) is 0 Å². The maximum atomic E-state index is 13.5. The number of benzene rings is 1. The molecular weight excluding hydrogens is 506 g/mol. The Morgan fingerprint density at radius 1 is 1.15 bits per heavy atom. The number of fused-ring (bicyclic) bond motifs is 1. The van der Waals surface area contributed by atoms with Crippen molar-refractivity contribution in [1.82, 2.24) is 30.5 Å². The summed E-state index contributed by atoms with van der Waals surface area (Å²) < 4.78 is 0. The van der Waals surface area contributed by atoms with Crippen molar-refractivity contribution < 1.29 is 29.4 Å². The molecule has 3 amide bonds. The molecule has 13 heteroatoms. The average Bonchev–Trinajstić information content (AvgIpc) is 3.68. The Hall–Kier alpha value is -4.23. The molecule has 1 saturated heterocycles. The summed E-state index contributed by atoms with van der Waals surface area (Å²) in [5.74, 6) is -3.03. The Morgan fingerprint density at radius 3 is 2.62 bits per heavy atom. The number of aliphatic carboxylic acids is 1. The van der Waals surface area contributed by atoms with E-state index in [0.717, 1.165) is 16.5 Å². The molecule has 1 aliphatic heterocycles. The maximum absolute atomic E-state index is 13.5. The minimum atomic E-state index is -1.27. The van der Waals surface area contributed by atoms with Gasteiger partial charge in [-0.05, 0) is 31.4 Å². The van der Waals surface area contributed by atoms with Crippen LogP contribution in [0.15, 0.2) is 43.0 Å². The Morgan fingerprint density at radius 2 is 1.92 bits per heavy atom. The number of carbonyl (C=O) groups excluding carboxylic acids is 3. The molecule has 3 heterocycles. The molecule has 4 rings (SSSR count). The lowest BCUT2D eigenvalue weighted by molar-refractivity contribution is -0.143. The van der Waals surface area contributed by atoms with Crippen molar-refractivity contribution in [3.63, 3.8) is 0 Å². The van der Waals surface area contributed by atoms with E-state index in [9.17, 15) is 29.4 Å². The number of para-hydroxylation sites is 1. The number of aliphatic hydroxyl groups excluding tert-OH is 1. The number of hydrogen-bond acceptors (Lipinski definition) is 7. The summed E-state index contributed by atoms with van der Waals surface area (Å²) in [5.41, 5.74) is 7.95. The van der Waals surface area contributed by atoms with E-state index in [2.05, 4.69) is 25.6 Å². The monoisotopic (exact) mass is 539 g/mol. The van der Waals surface area contributed by atoms with Gasteiger partial charge in [-0.3, -0.25) is 14.4 Å². The number of aromatic amines is 2. The van der Waals surface area contributed by atoms with Crippen molar-refractivity contribution in [1.29, 1.82) is 0 Å². The molecule has 0 bridgehead atoms.